The number of nitrogens with zero attached hydrogens (tertiary/aromatic N) is 4. The fourth-order valence-electron chi connectivity index (χ4n) is 2.82. The van der Waals surface area contributed by atoms with Gasteiger partial charge in [0.2, 0.25) is 5.13 Å². The van der Waals surface area contributed by atoms with E-state index in [9.17, 15) is 4.79 Å². The molecule has 0 fully saturated rings. The van der Waals surface area contributed by atoms with E-state index in [2.05, 4.69) is 41.3 Å². The lowest BCUT2D eigenvalue weighted by atomic mass is 10.2. The molecule has 4 rings (SSSR count). The summed E-state index contributed by atoms with van der Waals surface area (Å²) in [6, 6.07) is 16.2. The van der Waals surface area contributed by atoms with E-state index in [4.69, 9.17) is 0 Å². The largest absolute Gasteiger partial charge is 0.383 e. The molecule has 1 aliphatic heterocycles. The molecule has 1 aliphatic rings. The smallest absolute Gasteiger partial charge is 0.284 e. The van der Waals surface area contributed by atoms with Crippen LogP contribution >= 0.6 is 23.1 Å². The third-order valence-corrected chi connectivity index (χ3v) is 6.24. The first kappa shape index (κ1) is 18.7. The van der Waals surface area contributed by atoms with Crippen LogP contribution in [0.3, 0.4) is 0 Å². The molecule has 0 saturated carbocycles. The Hall–Kier alpha value is -2.64. The van der Waals surface area contributed by atoms with E-state index in [0.717, 1.165) is 20.8 Å². The number of para-hydroxylation sites is 1. The molecule has 28 heavy (non-hydrogen) atoms. The second-order valence-electron chi connectivity index (χ2n) is 6.74. The zero-order valence-corrected chi connectivity index (χ0v) is 17.5. The SMILES string of the molecule is Cc1ccc(SCC2=NN(c3nc4ccccc4s3)C(=O)/C2=C/N(C)C)cc1. The van der Waals surface area contributed by atoms with E-state index in [1.807, 2.05) is 49.5 Å². The molecule has 0 spiro atoms. The Kier molecular flexibility index (Phi) is 5.19. The first-order chi connectivity index (χ1) is 13.5. The van der Waals surface area contributed by atoms with Crippen molar-refractivity contribution in [3.63, 3.8) is 0 Å². The third kappa shape index (κ3) is 3.81. The lowest BCUT2D eigenvalue weighted by Crippen LogP contribution is -2.22. The summed E-state index contributed by atoms with van der Waals surface area (Å²) in [5.74, 6) is 0.489. The highest BCUT2D eigenvalue weighted by Gasteiger charge is 2.33. The molecule has 0 unspecified atom stereocenters. The van der Waals surface area contributed by atoms with E-state index >= 15 is 0 Å². The summed E-state index contributed by atoms with van der Waals surface area (Å²) in [4.78, 5) is 20.7. The van der Waals surface area contributed by atoms with Gasteiger partial charge in [-0.15, -0.1) is 11.8 Å². The van der Waals surface area contributed by atoms with Gasteiger partial charge in [-0.3, -0.25) is 4.79 Å². The number of hydrogen-bond acceptors (Lipinski definition) is 6. The van der Waals surface area contributed by atoms with Crippen LogP contribution in [-0.2, 0) is 4.79 Å². The second-order valence-corrected chi connectivity index (χ2v) is 8.79. The van der Waals surface area contributed by atoms with Gasteiger partial charge in [-0.25, -0.2) is 4.98 Å². The van der Waals surface area contributed by atoms with Crippen molar-refractivity contribution in [1.82, 2.24) is 9.88 Å². The van der Waals surface area contributed by atoms with Crippen LogP contribution in [0.15, 0.2) is 70.3 Å². The second kappa shape index (κ2) is 7.77. The van der Waals surface area contributed by atoms with Gasteiger partial charge in [0.15, 0.2) is 0 Å². The number of amides is 1. The number of hydrogen-bond donors (Lipinski definition) is 0. The molecule has 3 aromatic rings. The normalized spacial score (nSPS) is 15.5. The number of aryl methyl sites for hydroxylation is 1. The Morgan fingerprint density at radius 3 is 2.61 bits per heavy atom. The van der Waals surface area contributed by atoms with Gasteiger partial charge in [0.25, 0.3) is 5.91 Å². The molecule has 2 heterocycles. The van der Waals surface area contributed by atoms with Crippen LogP contribution in [0, 0.1) is 6.92 Å². The number of hydrazone groups is 1. The van der Waals surface area contributed by atoms with Crippen molar-refractivity contribution in [3.8, 4) is 0 Å². The van der Waals surface area contributed by atoms with Crippen molar-refractivity contribution in [2.45, 2.75) is 11.8 Å². The first-order valence-electron chi connectivity index (χ1n) is 8.87. The number of carbonyl (C=O) groups is 1. The van der Waals surface area contributed by atoms with Crippen molar-refractivity contribution in [1.29, 1.82) is 0 Å². The predicted molar refractivity (Wildman–Crippen MR) is 118 cm³/mol. The molecule has 0 radical (unpaired) electrons. The van der Waals surface area contributed by atoms with Crippen LogP contribution in [0.1, 0.15) is 5.56 Å². The van der Waals surface area contributed by atoms with Crippen molar-refractivity contribution in [2.75, 3.05) is 24.9 Å². The van der Waals surface area contributed by atoms with E-state index in [0.29, 0.717) is 16.5 Å². The lowest BCUT2D eigenvalue weighted by molar-refractivity contribution is -0.114. The van der Waals surface area contributed by atoms with Crippen LogP contribution in [0.5, 0.6) is 0 Å². The topological polar surface area (TPSA) is 48.8 Å². The highest BCUT2D eigenvalue weighted by molar-refractivity contribution is 8.00. The quantitative estimate of drug-likeness (QED) is 0.459. The van der Waals surface area contributed by atoms with Gasteiger partial charge in [-0.1, -0.05) is 41.2 Å². The molecule has 1 aromatic heterocycles. The Bertz CT molecular complexity index is 1050. The summed E-state index contributed by atoms with van der Waals surface area (Å²) < 4.78 is 1.04. The van der Waals surface area contributed by atoms with Crippen LogP contribution < -0.4 is 5.01 Å². The third-order valence-electron chi connectivity index (χ3n) is 4.20. The molecule has 0 bridgehead atoms. The summed E-state index contributed by atoms with van der Waals surface area (Å²) in [7, 11) is 3.82. The molecular formula is C21H20N4OS2. The van der Waals surface area contributed by atoms with Gasteiger partial charge in [-0.05, 0) is 31.2 Å². The van der Waals surface area contributed by atoms with Crippen molar-refractivity contribution < 1.29 is 4.79 Å². The molecule has 0 atom stereocenters. The number of aromatic nitrogens is 1. The van der Waals surface area contributed by atoms with Gasteiger partial charge < -0.3 is 4.90 Å². The van der Waals surface area contributed by atoms with Crippen LogP contribution in [0.2, 0.25) is 0 Å². The summed E-state index contributed by atoms with van der Waals surface area (Å²) in [5, 5.41) is 6.67. The highest BCUT2D eigenvalue weighted by Crippen LogP contribution is 2.33. The fourth-order valence-corrected chi connectivity index (χ4v) is 4.58. The number of thioether (sulfide) groups is 1. The van der Waals surface area contributed by atoms with Gasteiger partial charge >= 0.3 is 0 Å². The Labute approximate surface area is 172 Å². The van der Waals surface area contributed by atoms with Crippen molar-refractivity contribution in [2.24, 2.45) is 5.10 Å². The molecule has 0 saturated heterocycles. The molecular weight excluding hydrogens is 388 g/mol. The summed E-state index contributed by atoms with van der Waals surface area (Å²) in [5.41, 5.74) is 3.49. The van der Waals surface area contributed by atoms with Gasteiger partial charge in [0.1, 0.15) is 0 Å². The maximum absolute atomic E-state index is 13.1. The number of carbonyl (C=O) groups excluding carboxylic acids is 1. The van der Waals surface area contributed by atoms with E-state index < -0.39 is 0 Å². The monoisotopic (exact) mass is 408 g/mol. The molecule has 142 valence electrons. The van der Waals surface area contributed by atoms with Crippen LogP contribution in [0.25, 0.3) is 10.2 Å². The Balaban J connectivity index is 1.63. The maximum atomic E-state index is 13.1. The molecule has 5 nitrogen and oxygen atoms in total. The minimum Gasteiger partial charge on any atom is -0.383 e. The van der Waals surface area contributed by atoms with Gasteiger partial charge in [0.05, 0.1) is 21.5 Å². The van der Waals surface area contributed by atoms with E-state index in [1.165, 1.54) is 21.9 Å². The van der Waals surface area contributed by atoms with Crippen LogP contribution in [0.4, 0.5) is 5.13 Å². The molecule has 2 aromatic carbocycles. The minimum atomic E-state index is -0.132. The summed E-state index contributed by atoms with van der Waals surface area (Å²) >= 11 is 3.15. The van der Waals surface area contributed by atoms with Crippen LogP contribution in [-0.4, -0.2) is 41.4 Å². The zero-order chi connectivity index (χ0) is 19.7. The fraction of sp³-hybridized carbons (Fsp3) is 0.190. The zero-order valence-electron chi connectivity index (χ0n) is 15.9. The number of rotatable bonds is 5. The summed E-state index contributed by atoms with van der Waals surface area (Å²) in [6.07, 6.45) is 1.84. The van der Waals surface area contributed by atoms with E-state index in [-0.39, 0.29) is 5.91 Å². The molecule has 1 amide bonds. The number of benzene rings is 2. The number of thiazole rings is 1. The summed E-state index contributed by atoms with van der Waals surface area (Å²) in [6.45, 7) is 2.07. The lowest BCUT2D eigenvalue weighted by Gasteiger charge is -2.09. The maximum Gasteiger partial charge on any atom is 0.284 e. The highest BCUT2D eigenvalue weighted by atomic mass is 32.2. The predicted octanol–water partition coefficient (Wildman–Crippen LogP) is 4.55. The molecule has 7 heteroatoms. The average Bonchev–Trinajstić information content (AvgIpc) is 3.23. The Morgan fingerprint density at radius 2 is 1.89 bits per heavy atom. The average molecular weight is 409 g/mol. The van der Waals surface area contributed by atoms with Crippen molar-refractivity contribution >= 4 is 50.1 Å². The number of anilines is 1. The first-order valence-corrected chi connectivity index (χ1v) is 10.7. The number of fused-ring (bicyclic) bond motifs is 1. The van der Waals surface area contributed by atoms with Gasteiger partial charge in [-0.2, -0.15) is 10.1 Å². The standard InChI is InChI=1S/C21H20N4OS2/c1-14-8-10-15(11-9-14)27-13-18-16(12-24(2)3)20(26)25(23-18)21-22-17-6-4-5-7-19(17)28-21/h4-12H,13H2,1-3H3/b16-12+. The molecule has 0 aliphatic carbocycles. The molecule has 0 N–H and O–H groups in total. The van der Waals surface area contributed by atoms with E-state index in [1.54, 1.807) is 11.8 Å². The van der Waals surface area contributed by atoms with Crippen molar-refractivity contribution in [3.05, 3.63) is 65.9 Å². The van der Waals surface area contributed by atoms with Gasteiger partial charge in [0, 0.05) is 30.9 Å². The Morgan fingerprint density at radius 1 is 1.14 bits per heavy atom. The minimum absolute atomic E-state index is 0.132.